The van der Waals surface area contributed by atoms with Gasteiger partial charge in [-0.2, -0.15) is 0 Å². The van der Waals surface area contributed by atoms with Crippen molar-refractivity contribution in [2.24, 2.45) is 0 Å². The maximum atomic E-state index is 13.0. The Morgan fingerprint density at radius 1 is 0.967 bits per heavy atom. The fraction of sp³-hybridized carbons (Fsp3) is 0.375. The van der Waals surface area contributed by atoms with Crippen LogP contribution < -0.4 is 10.0 Å². The lowest BCUT2D eigenvalue weighted by Gasteiger charge is -2.14. The zero-order chi connectivity index (χ0) is 21.7. The van der Waals surface area contributed by atoms with Crippen LogP contribution in [0.5, 0.6) is 0 Å². The largest absolute Gasteiger partial charge is 0.352 e. The fourth-order valence-electron chi connectivity index (χ4n) is 3.62. The summed E-state index contributed by atoms with van der Waals surface area (Å²) in [5.41, 5.74) is 4.94. The number of aryl methyl sites for hydroxylation is 3. The fourth-order valence-corrected chi connectivity index (χ4v) is 4.94. The molecule has 0 fully saturated rings. The Hall–Kier alpha value is -2.60. The predicted molar refractivity (Wildman–Crippen MR) is 121 cm³/mol. The van der Waals surface area contributed by atoms with Crippen LogP contribution in [0.25, 0.3) is 0 Å². The number of nitrogens with one attached hydrogen (secondary N) is 2. The SMILES string of the molecule is Cc1ccc(NS(=O)(=O)c2cc(C(=O)NCCC3=CCCCC3)ccc2C)cc1C. The number of carbonyl (C=O) groups is 1. The van der Waals surface area contributed by atoms with E-state index in [-0.39, 0.29) is 10.8 Å². The van der Waals surface area contributed by atoms with Gasteiger partial charge in [-0.3, -0.25) is 9.52 Å². The smallest absolute Gasteiger partial charge is 0.262 e. The zero-order valence-electron chi connectivity index (χ0n) is 17.9. The minimum atomic E-state index is -3.81. The van der Waals surface area contributed by atoms with Gasteiger partial charge in [0.1, 0.15) is 0 Å². The standard InChI is InChI=1S/C24H30N2O3S/c1-17-10-12-22(15-19(17)3)26-30(28,29)23-16-21(11-9-18(23)2)24(27)25-14-13-20-7-5-4-6-8-20/h7,9-12,15-16,26H,4-6,8,13-14H2,1-3H3,(H,25,27). The molecular weight excluding hydrogens is 396 g/mol. The molecule has 1 amide bonds. The number of rotatable bonds is 7. The van der Waals surface area contributed by atoms with Crippen LogP contribution in [0.1, 0.15) is 59.2 Å². The van der Waals surface area contributed by atoms with Gasteiger partial charge in [-0.1, -0.05) is 23.8 Å². The highest BCUT2D eigenvalue weighted by Gasteiger charge is 2.19. The minimum Gasteiger partial charge on any atom is -0.352 e. The topological polar surface area (TPSA) is 75.3 Å². The number of allylic oxidation sites excluding steroid dienone is 1. The summed E-state index contributed by atoms with van der Waals surface area (Å²) in [6.07, 6.45) is 7.80. The monoisotopic (exact) mass is 426 g/mol. The summed E-state index contributed by atoms with van der Waals surface area (Å²) < 4.78 is 28.6. The third-order valence-electron chi connectivity index (χ3n) is 5.62. The van der Waals surface area contributed by atoms with Crippen LogP contribution in [0.15, 0.2) is 52.9 Å². The van der Waals surface area contributed by atoms with Gasteiger partial charge in [0.25, 0.3) is 15.9 Å². The molecule has 0 aliphatic heterocycles. The van der Waals surface area contributed by atoms with Gasteiger partial charge in [-0.25, -0.2) is 8.42 Å². The van der Waals surface area contributed by atoms with Crippen LogP contribution in [-0.2, 0) is 10.0 Å². The van der Waals surface area contributed by atoms with E-state index >= 15 is 0 Å². The van der Waals surface area contributed by atoms with Crippen molar-refractivity contribution in [3.63, 3.8) is 0 Å². The van der Waals surface area contributed by atoms with Crippen LogP contribution in [-0.4, -0.2) is 20.9 Å². The average Bonchev–Trinajstić information content (AvgIpc) is 2.71. The molecule has 2 aromatic rings. The number of amides is 1. The third-order valence-corrected chi connectivity index (χ3v) is 7.14. The van der Waals surface area contributed by atoms with E-state index in [1.165, 1.54) is 24.5 Å². The molecule has 0 radical (unpaired) electrons. The summed E-state index contributed by atoms with van der Waals surface area (Å²) in [6, 6.07) is 10.2. The number of hydrogen-bond donors (Lipinski definition) is 2. The molecule has 5 nitrogen and oxygen atoms in total. The lowest BCUT2D eigenvalue weighted by atomic mass is 9.97. The molecule has 2 aromatic carbocycles. The Bertz CT molecular complexity index is 1070. The van der Waals surface area contributed by atoms with Gasteiger partial charge in [0.05, 0.1) is 4.90 Å². The highest BCUT2D eigenvalue weighted by atomic mass is 32.2. The second-order valence-corrected chi connectivity index (χ2v) is 9.65. The first-order chi connectivity index (χ1) is 14.3. The van der Waals surface area contributed by atoms with Crippen LogP contribution >= 0.6 is 0 Å². The van der Waals surface area contributed by atoms with E-state index in [0.717, 1.165) is 30.4 Å². The summed E-state index contributed by atoms with van der Waals surface area (Å²) in [6.45, 7) is 6.20. The Balaban J connectivity index is 1.72. The lowest BCUT2D eigenvalue weighted by molar-refractivity contribution is 0.0954. The quantitative estimate of drug-likeness (QED) is 0.610. The zero-order valence-corrected chi connectivity index (χ0v) is 18.7. The Morgan fingerprint density at radius 3 is 2.43 bits per heavy atom. The normalized spacial score (nSPS) is 14.2. The maximum Gasteiger partial charge on any atom is 0.262 e. The molecule has 6 heteroatoms. The average molecular weight is 427 g/mol. The highest BCUT2D eigenvalue weighted by Crippen LogP contribution is 2.23. The first-order valence-electron chi connectivity index (χ1n) is 10.4. The molecule has 0 bridgehead atoms. The van der Waals surface area contributed by atoms with Gasteiger partial charge in [-0.15, -0.1) is 0 Å². The van der Waals surface area contributed by atoms with Crippen LogP contribution in [0.3, 0.4) is 0 Å². The van der Waals surface area contributed by atoms with Crippen molar-refractivity contribution < 1.29 is 13.2 Å². The number of anilines is 1. The lowest BCUT2D eigenvalue weighted by Crippen LogP contribution is -2.25. The number of benzene rings is 2. The predicted octanol–water partition coefficient (Wildman–Crippen LogP) is 5.03. The Labute approximate surface area is 179 Å². The third kappa shape index (κ3) is 5.51. The first kappa shape index (κ1) is 22.1. The van der Waals surface area contributed by atoms with Gasteiger partial charge in [0, 0.05) is 17.8 Å². The summed E-state index contributed by atoms with van der Waals surface area (Å²) in [7, 11) is -3.81. The summed E-state index contributed by atoms with van der Waals surface area (Å²) in [5, 5.41) is 2.91. The van der Waals surface area contributed by atoms with Gasteiger partial charge >= 0.3 is 0 Å². The Kier molecular flexibility index (Phi) is 6.98. The van der Waals surface area contributed by atoms with Crippen LogP contribution in [0, 0.1) is 20.8 Å². The molecule has 0 heterocycles. The van der Waals surface area contributed by atoms with Crippen LogP contribution in [0.4, 0.5) is 5.69 Å². The molecule has 1 aliphatic rings. The van der Waals surface area contributed by atoms with Crippen LogP contribution in [0.2, 0.25) is 0 Å². The molecule has 2 N–H and O–H groups in total. The molecule has 0 atom stereocenters. The summed E-state index contributed by atoms with van der Waals surface area (Å²) in [5.74, 6) is -0.256. The number of hydrogen-bond acceptors (Lipinski definition) is 3. The molecule has 0 saturated heterocycles. The van der Waals surface area contributed by atoms with E-state index in [4.69, 9.17) is 0 Å². The second-order valence-electron chi connectivity index (χ2n) is 8.00. The highest BCUT2D eigenvalue weighted by molar-refractivity contribution is 7.92. The number of sulfonamides is 1. The van der Waals surface area contributed by atoms with E-state index in [9.17, 15) is 13.2 Å². The first-order valence-corrected chi connectivity index (χ1v) is 11.9. The van der Waals surface area contributed by atoms with Gasteiger partial charge in [-0.05, 0) is 93.8 Å². The molecule has 1 aliphatic carbocycles. The van der Waals surface area contributed by atoms with E-state index in [2.05, 4.69) is 16.1 Å². The molecular formula is C24H30N2O3S. The van der Waals surface area contributed by atoms with Crippen molar-refractivity contribution in [3.05, 3.63) is 70.3 Å². The molecule has 0 aromatic heterocycles. The molecule has 30 heavy (non-hydrogen) atoms. The van der Waals surface area contributed by atoms with E-state index in [1.54, 1.807) is 31.2 Å². The molecule has 0 unspecified atom stereocenters. The minimum absolute atomic E-state index is 0.114. The molecule has 160 valence electrons. The number of carbonyl (C=O) groups excluding carboxylic acids is 1. The van der Waals surface area contributed by atoms with E-state index in [1.807, 2.05) is 19.9 Å². The van der Waals surface area contributed by atoms with Crippen molar-refractivity contribution in [3.8, 4) is 0 Å². The molecule has 0 saturated carbocycles. The van der Waals surface area contributed by atoms with Crippen molar-refractivity contribution in [2.75, 3.05) is 11.3 Å². The van der Waals surface area contributed by atoms with E-state index < -0.39 is 10.0 Å². The van der Waals surface area contributed by atoms with E-state index in [0.29, 0.717) is 23.4 Å². The van der Waals surface area contributed by atoms with Crippen molar-refractivity contribution in [1.29, 1.82) is 0 Å². The van der Waals surface area contributed by atoms with Crippen molar-refractivity contribution >= 4 is 21.6 Å². The van der Waals surface area contributed by atoms with Gasteiger partial charge in [0.15, 0.2) is 0 Å². The molecule has 0 spiro atoms. The van der Waals surface area contributed by atoms with Crippen molar-refractivity contribution in [1.82, 2.24) is 5.32 Å². The van der Waals surface area contributed by atoms with Gasteiger partial charge < -0.3 is 5.32 Å². The van der Waals surface area contributed by atoms with Gasteiger partial charge in [0.2, 0.25) is 0 Å². The Morgan fingerprint density at radius 2 is 1.73 bits per heavy atom. The molecule has 3 rings (SSSR count). The summed E-state index contributed by atoms with van der Waals surface area (Å²) in [4.78, 5) is 12.7. The second kappa shape index (κ2) is 9.47. The maximum absolute atomic E-state index is 13.0. The summed E-state index contributed by atoms with van der Waals surface area (Å²) >= 11 is 0. The van der Waals surface area contributed by atoms with Crippen molar-refractivity contribution in [2.45, 2.75) is 57.8 Å².